The van der Waals surface area contributed by atoms with E-state index in [9.17, 15) is 4.79 Å². The topological polar surface area (TPSA) is 26.8 Å². The van der Waals surface area contributed by atoms with Crippen LogP contribution in [0.2, 0.25) is 0 Å². The predicted molar refractivity (Wildman–Crippen MR) is 90.5 cm³/mol. The summed E-state index contributed by atoms with van der Waals surface area (Å²) < 4.78 is 0. The molecule has 3 rings (SSSR count). The lowest BCUT2D eigenvalue weighted by Gasteiger charge is -2.34. The summed E-state index contributed by atoms with van der Waals surface area (Å²) in [5, 5.41) is 0. The average Bonchev–Trinajstić information content (AvgIpc) is 3.38. The minimum atomic E-state index is 0.178. The second-order valence-corrected chi connectivity index (χ2v) is 6.60. The molecular formula is C18H27N3O. The third-order valence-corrected chi connectivity index (χ3v) is 4.90. The zero-order valence-corrected chi connectivity index (χ0v) is 13.8. The number of amides is 1. The Labute approximate surface area is 133 Å². The summed E-state index contributed by atoms with van der Waals surface area (Å²) in [5.41, 5.74) is 1.97. The van der Waals surface area contributed by atoms with Crippen LogP contribution >= 0.6 is 0 Å². The van der Waals surface area contributed by atoms with Crippen molar-refractivity contribution in [1.29, 1.82) is 0 Å². The minimum absolute atomic E-state index is 0.178. The summed E-state index contributed by atoms with van der Waals surface area (Å²) in [6, 6.07) is 8.00. The molecule has 0 N–H and O–H groups in total. The number of hydrogen-bond acceptors (Lipinski definition) is 3. The molecular weight excluding hydrogens is 274 g/mol. The maximum Gasteiger partial charge on any atom is 0.253 e. The monoisotopic (exact) mass is 301 g/mol. The van der Waals surface area contributed by atoms with Gasteiger partial charge in [-0.3, -0.25) is 9.69 Å². The summed E-state index contributed by atoms with van der Waals surface area (Å²) in [6.45, 7) is 8.11. The Morgan fingerprint density at radius 1 is 1.14 bits per heavy atom. The molecule has 1 heterocycles. The maximum atomic E-state index is 12.6. The number of benzene rings is 1. The molecule has 0 radical (unpaired) electrons. The molecule has 0 atom stereocenters. The Bertz CT molecular complexity index is 502. The van der Waals surface area contributed by atoms with E-state index >= 15 is 0 Å². The van der Waals surface area contributed by atoms with Crippen LogP contribution in [-0.4, -0.2) is 62.0 Å². The maximum absolute atomic E-state index is 12.6. The largest absolute Gasteiger partial charge is 0.375 e. The van der Waals surface area contributed by atoms with Crippen LogP contribution in [0.5, 0.6) is 0 Å². The highest BCUT2D eigenvalue weighted by Gasteiger charge is 2.27. The predicted octanol–water partition coefficient (Wildman–Crippen LogP) is 2.31. The highest BCUT2D eigenvalue weighted by Crippen LogP contribution is 2.30. The van der Waals surface area contributed by atoms with Crippen molar-refractivity contribution in [3.05, 3.63) is 29.8 Å². The van der Waals surface area contributed by atoms with Crippen molar-refractivity contribution in [1.82, 2.24) is 9.80 Å². The molecule has 1 amide bonds. The summed E-state index contributed by atoms with van der Waals surface area (Å²) in [4.78, 5) is 19.3. The van der Waals surface area contributed by atoms with E-state index in [0.717, 1.165) is 49.9 Å². The molecule has 1 aliphatic carbocycles. The van der Waals surface area contributed by atoms with Gasteiger partial charge in [0.1, 0.15) is 0 Å². The first kappa shape index (κ1) is 15.3. The van der Waals surface area contributed by atoms with Gasteiger partial charge in [0, 0.05) is 57.6 Å². The summed E-state index contributed by atoms with van der Waals surface area (Å²) in [6.07, 6.45) is 2.80. The van der Waals surface area contributed by atoms with E-state index in [-0.39, 0.29) is 5.91 Å². The zero-order valence-electron chi connectivity index (χ0n) is 13.8. The number of carbonyl (C=O) groups excluding carboxylic acids is 1. The summed E-state index contributed by atoms with van der Waals surface area (Å²) >= 11 is 0. The smallest absolute Gasteiger partial charge is 0.253 e. The molecule has 4 heteroatoms. The Balaban J connectivity index is 1.55. The molecule has 1 aliphatic heterocycles. The molecule has 0 unspecified atom stereocenters. The molecule has 1 aromatic carbocycles. The number of hydrogen-bond donors (Lipinski definition) is 0. The van der Waals surface area contributed by atoms with Gasteiger partial charge in [-0.25, -0.2) is 0 Å². The van der Waals surface area contributed by atoms with Crippen LogP contribution in [0.4, 0.5) is 5.69 Å². The van der Waals surface area contributed by atoms with E-state index in [2.05, 4.69) is 23.8 Å². The first-order valence-corrected chi connectivity index (χ1v) is 8.50. The Morgan fingerprint density at radius 3 is 2.32 bits per heavy atom. The van der Waals surface area contributed by atoms with E-state index in [4.69, 9.17) is 0 Å². The average molecular weight is 301 g/mol. The highest BCUT2D eigenvalue weighted by atomic mass is 16.2. The van der Waals surface area contributed by atoms with Crippen molar-refractivity contribution in [2.24, 2.45) is 5.92 Å². The quantitative estimate of drug-likeness (QED) is 0.835. The van der Waals surface area contributed by atoms with Crippen molar-refractivity contribution >= 4 is 11.6 Å². The van der Waals surface area contributed by atoms with Crippen molar-refractivity contribution in [2.45, 2.75) is 19.8 Å². The molecule has 22 heavy (non-hydrogen) atoms. The van der Waals surface area contributed by atoms with Crippen LogP contribution in [0.3, 0.4) is 0 Å². The van der Waals surface area contributed by atoms with E-state index in [0.29, 0.717) is 0 Å². The molecule has 1 aromatic rings. The molecule has 1 saturated heterocycles. The van der Waals surface area contributed by atoms with Crippen molar-refractivity contribution in [3.63, 3.8) is 0 Å². The number of carbonyl (C=O) groups is 1. The van der Waals surface area contributed by atoms with E-state index in [1.807, 2.05) is 29.2 Å². The fourth-order valence-electron chi connectivity index (χ4n) is 3.02. The van der Waals surface area contributed by atoms with Crippen molar-refractivity contribution < 1.29 is 4.79 Å². The standard InChI is InChI=1S/C18H27N3O/c1-3-19(2)17-8-6-16(7-9-17)18(22)21-12-10-20(11-13-21)14-15-4-5-15/h6-9,15H,3-5,10-14H2,1-2H3. The molecule has 120 valence electrons. The van der Waals surface area contributed by atoms with Crippen molar-refractivity contribution in [3.8, 4) is 0 Å². The molecule has 0 spiro atoms. The van der Waals surface area contributed by atoms with Crippen LogP contribution in [-0.2, 0) is 0 Å². The normalized spacial score (nSPS) is 19.3. The van der Waals surface area contributed by atoms with E-state index in [1.165, 1.54) is 19.4 Å². The Hall–Kier alpha value is -1.55. The number of nitrogens with zero attached hydrogens (tertiary/aromatic N) is 3. The Morgan fingerprint density at radius 2 is 1.77 bits per heavy atom. The van der Waals surface area contributed by atoms with Gasteiger partial charge < -0.3 is 9.80 Å². The second-order valence-electron chi connectivity index (χ2n) is 6.60. The molecule has 1 saturated carbocycles. The zero-order chi connectivity index (χ0) is 15.5. The first-order chi connectivity index (χ1) is 10.7. The SMILES string of the molecule is CCN(C)c1ccc(C(=O)N2CCN(CC3CC3)CC2)cc1. The van der Waals surface area contributed by atoms with Crippen LogP contribution in [0.1, 0.15) is 30.1 Å². The number of piperazine rings is 1. The first-order valence-electron chi connectivity index (χ1n) is 8.50. The molecule has 0 bridgehead atoms. The molecule has 2 fully saturated rings. The van der Waals surface area contributed by atoms with Crippen LogP contribution in [0.25, 0.3) is 0 Å². The van der Waals surface area contributed by atoms with Gasteiger partial charge in [0.2, 0.25) is 0 Å². The molecule has 4 nitrogen and oxygen atoms in total. The second kappa shape index (κ2) is 6.69. The van der Waals surface area contributed by atoms with Gasteiger partial charge in [-0.15, -0.1) is 0 Å². The summed E-state index contributed by atoms with van der Waals surface area (Å²) in [5.74, 6) is 1.11. The Kier molecular flexibility index (Phi) is 4.67. The molecule has 2 aliphatic rings. The fraction of sp³-hybridized carbons (Fsp3) is 0.611. The van der Waals surface area contributed by atoms with Gasteiger partial charge in [-0.1, -0.05) is 0 Å². The number of rotatable bonds is 5. The fourth-order valence-corrected chi connectivity index (χ4v) is 3.02. The summed E-state index contributed by atoms with van der Waals surface area (Å²) in [7, 11) is 2.07. The van der Waals surface area contributed by atoms with Gasteiger partial charge in [0.15, 0.2) is 0 Å². The lowest BCUT2D eigenvalue weighted by Crippen LogP contribution is -2.49. The lowest BCUT2D eigenvalue weighted by molar-refractivity contribution is 0.0632. The van der Waals surface area contributed by atoms with Gasteiger partial charge >= 0.3 is 0 Å². The molecule has 0 aromatic heterocycles. The third-order valence-electron chi connectivity index (χ3n) is 4.90. The van der Waals surface area contributed by atoms with E-state index < -0.39 is 0 Å². The van der Waals surface area contributed by atoms with Gasteiger partial charge in [-0.2, -0.15) is 0 Å². The van der Waals surface area contributed by atoms with Gasteiger partial charge in [0.05, 0.1) is 0 Å². The van der Waals surface area contributed by atoms with E-state index in [1.54, 1.807) is 0 Å². The van der Waals surface area contributed by atoms with Crippen LogP contribution in [0, 0.1) is 5.92 Å². The third kappa shape index (κ3) is 3.61. The van der Waals surface area contributed by atoms with Crippen molar-refractivity contribution in [2.75, 3.05) is 51.2 Å². The van der Waals surface area contributed by atoms with Crippen LogP contribution < -0.4 is 4.90 Å². The highest BCUT2D eigenvalue weighted by molar-refractivity contribution is 5.94. The minimum Gasteiger partial charge on any atom is -0.375 e. The van der Waals surface area contributed by atoms with Crippen LogP contribution in [0.15, 0.2) is 24.3 Å². The number of anilines is 1. The van der Waals surface area contributed by atoms with Gasteiger partial charge in [0.25, 0.3) is 5.91 Å². The van der Waals surface area contributed by atoms with Gasteiger partial charge in [-0.05, 0) is 49.9 Å². The lowest BCUT2D eigenvalue weighted by atomic mass is 10.1.